The lowest BCUT2D eigenvalue weighted by molar-refractivity contribution is -0.143. The molecule has 0 radical (unpaired) electrons. The molecular formula is C7H16N2O2S. The highest BCUT2D eigenvalue weighted by atomic mass is 32.1. The molecule has 4 N–H and O–H groups in total. The maximum Gasteiger partial charge on any atom is 0.324 e. The quantitative estimate of drug-likeness (QED) is 0.451. The first-order valence-electron chi connectivity index (χ1n) is 3.78. The van der Waals surface area contributed by atoms with Crippen LogP contribution in [0.4, 0.5) is 0 Å². The van der Waals surface area contributed by atoms with Crippen molar-refractivity contribution >= 4 is 18.6 Å². The lowest BCUT2D eigenvalue weighted by Gasteiger charge is -2.27. The predicted molar refractivity (Wildman–Crippen MR) is 51.5 cm³/mol. The topological polar surface area (TPSA) is 75.3 Å². The summed E-state index contributed by atoms with van der Waals surface area (Å²) in [5.74, 6) is -0.662. The minimum Gasteiger partial charge on any atom is -0.480 e. The number of nitrogens with one attached hydrogen (secondary N) is 1. The standard InChI is InChI=1S/C7H16N2O2S/c1-5(3-8)9-7(2,4-12)6(10)11/h5,9,12H,3-4,8H2,1-2H3,(H,10,11)/t5?,7-/m0/s1. The van der Waals surface area contributed by atoms with E-state index in [0.717, 1.165) is 0 Å². The second-order valence-electron chi connectivity index (χ2n) is 3.08. The first-order valence-corrected chi connectivity index (χ1v) is 4.41. The van der Waals surface area contributed by atoms with Gasteiger partial charge in [-0.2, -0.15) is 12.6 Å². The molecular weight excluding hydrogens is 176 g/mol. The van der Waals surface area contributed by atoms with Gasteiger partial charge in [0, 0.05) is 18.3 Å². The van der Waals surface area contributed by atoms with Crippen LogP contribution in [0.25, 0.3) is 0 Å². The van der Waals surface area contributed by atoms with Crippen LogP contribution in [0.2, 0.25) is 0 Å². The van der Waals surface area contributed by atoms with Crippen LogP contribution in [-0.4, -0.2) is 35.0 Å². The number of carboxylic acid groups (broad SMARTS) is 1. The van der Waals surface area contributed by atoms with Crippen molar-refractivity contribution in [3.8, 4) is 0 Å². The Kier molecular flexibility index (Phi) is 4.59. The van der Waals surface area contributed by atoms with Crippen molar-refractivity contribution in [2.24, 2.45) is 5.73 Å². The van der Waals surface area contributed by atoms with E-state index in [1.54, 1.807) is 6.92 Å². The number of thiol groups is 1. The molecule has 0 heterocycles. The van der Waals surface area contributed by atoms with E-state index in [2.05, 4.69) is 17.9 Å². The normalized spacial score (nSPS) is 18.3. The van der Waals surface area contributed by atoms with Crippen LogP contribution < -0.4 is 11.1 Å². The third-order valence-corrected chi connectivity index (χ3v) is 2.34. The maximum atomic E-state index is 10.8. The highest BCUT2D eigenvalue weighted by Crippen LogP contribution is 2.07. The molecule has 4 nitrogen and oxygen atoms in total. The third kappa shape index (κ3) is 3.00. The number of carbonyl (C=O) groups is 1. The van der Waals surface area contributed by atoms with Crippen LogP contribution in [0.15, 0.2) is 0 Å². The molecule has 0 aliphatic rings. The van der Waals surface area contributed by atoms with Gasteiger partial charge in [0.1, 0.15) is 5.54 Å². The summed E-state index contributed by atoms with van der Waals surface area (Å²) in [6.07, 6.45) is 0. The second-order valence-corrected chi connectivity index (χ2v) is 3.39. The molecule has 0 saturated heterocycles. The SMILES string of the molecule is CC(CN)N[C@@](C)(CS)C(=O)O. The second kappa shape index (κ2) is 4.69. The van der Waals surface area contributed by atoms with Gasteiger partial charge in [0.25, 0.3) is 0 Å². The van der Waals surface area contributed by atoms with E-state index in [-0.39, 0.29) is 11.8 Å². The molecule has 0 aromatic heterocycles. The Morgan fingerprint density at radius 1 is 1.83 bits per heavy atom. The molecule has 5 heteroatoms. The Bertz CT molecular complexity index is 165. The molecule has 0 aromatic rings. The highest BCUT2D eigenvalue weighted by molar-refractivity contribution is 7.80. The zero-order valence-corrected chi connectivity index (χ0v) is 8.27. The predicted octanol–water partition coefficient (Wildman–Crippen LogP) is -0.304. The van der Waals surface area contributed by atoms with Crippen molar-refractivity contribution < 1.29 is 9.90 Å². The fourth-order valence-electron chi connectivity index (χ4n) is 0.778. The van der Waals surface area contributed by atoms with E-state index < -0.39 is 11.5 Å². The average Bonchev–Trinajstić information content (AvgIpc) is 2.03. The van der Waals surface area contributed by atoms with Gasteiger partial charge < -0.3 is 10.8 Å². The van der Waals surface area contributed by atoms with Gasteiger partial charge in [0.2, 0.25) is 0 Å². The molecule has 1 unspecified atom stereocenters. The van der Waals surface area contributed by atoms with Gasteiger partial charge in [0.05, 0.1) is 0 Å². The first-order chi connectivity index (χ1) is 5.46. The fourth-order valence-corrected chi connectivity index (χ4v) is 1.00. The minimum atomic E-state index is -0.984. The number of hydrogen-bond donors (Lipinski definition) is 4. The minimum absolute atomic E-state index is 0.0155. The third-order valence-electron chi connectivity index (χ3n) is 1.71. The van der Waals surface area contributed by atoms with Crippen LogP contribution in [0.3, 0.4) is 0 Å². The smallest absolute Gasteiger partial charge is 0.324 e. The molecule has 12 heavy (non-hydrogen) atoms. The maximum absolute atomic E-state index is 10.8. The van der Waals surface area contributed by atoms with Gasteiger partial charge in [-0.15, -0.1) is 0 Å². The zero-order chi connectivity index (χ0) is 9.78. The molecule has 0 aliphatic carbocycles. The van der Waals surface area contributed by atoms with Crippen molar-refractivity contribution in [1.82, 2.24) is 5.32 Å². The van der Waals surface area contributed by atoms with Crippen molar-refractivity contribution in [2.45, 2.75) is 25.4 Å². The Morgan fingerprint density at radius 3 is 2.58 bits per heavy atom. The van der Waals surface area contributed by atoms with E-state index in [4.69, 9.17) is 10.8 Å². The lowest BCUT2D eigenvalue weighted by Crippen LogP contribution is -2.56. The van der Waals surface area contributed by atoms with Gasteiger partial charge in [0.15, 0.2) is 0 Å². The van der Waals surface area contributed by atoms with Crippen LogP contribution >= 0.6 is 12.6 Å². The molecule has 2 atom stereocenters. The zero-order valence-electron chi connectivity index (χ0n) is 7.37. The molecule has 0 spiro atoms. The summed E-state index contributed by atoms with van der Waals surface area (Å²) in [5, 5.41) is 11.7. The summed E-state index contributed by atoms with van der Waals surface area (Å²) in [7, 11) is 0. The Morgan fingerprint density at radius 2 is 2.33 bits per heavy atom. The molecule has 0 aromatic carbocycles. The highest BCUT2D eigenvalue weighted by Gasteiger charge is 2.32. The number of rotatable bonds is 5. The Balaban J connectivity index is 4.23. The van der Waals surface area contributed by atoms with Crippen molar-refractivity contribution in [3.63, 3.8) is 0 Å². The number of hydrogen-bond acceptors (Lipinski definition) is 4. The number of aliphatic carboxylic acids is 1. The summed E-state index contributed by atoms with van der Waals surface area (Å²) in [6, 6.07) is -0.0155. The van der Waals surface area contributed by atoms with Crippen molar-refractivity contribution in [1.29, 1.82) is 0 Å². The molecule has 0 rings (SSSR count). The molecule has 0 bridgehead atoms. The van der Waals surface area contributed by atoms with Gasteiger partial charge >= 0.3 is 5.97 Å². The lowest BCUT2D eigenvalue weighted by atomic mass is 10.0. The molecule has 0 amide bonds. The van der Waals surface area contributed by atoms with Gasteiger partial charge in [-0.3, -0.25) is 10.1 Å². The van der Waals surface area contributed by atoms with Crippen LogP contribution in [0, 0.1) is 0 Å². The van der Waals surface area contributed by atoms with Gasteiger partial charge in [-0.05, 0) is 13.8 Å². The van der Waals surface area contributed by atoms with Crippen LogP contribution in [0.1, 0.15) is 13.8 Å². The molecule has 0 aliphatic heterocycles. The largest absolute Gasteiger partial charge is 0.480 e. The van der Waals surface area contributed by atoms with E-state index in [0.29, 0.717) is 6.54 Å². The van der Waals surface area contributed by atoms with E-state index >= 15 is 0 Å². The Hall–Kier alpha value is -0.260. The molecule has 0 saturated carbocycles. The summed E-state index contributed by atoms with van der Waals surface area (Å²) < 4.78 is 0. The number of nitrogens with two attached hydrogens (primary N) is 1. The average molecular weight is 192 g/mol. The van der Waals surface area contributed by atoms with Crippen LogP contribution in [-0.2, 0) is 4.79 Å². The van der Waals surface area contributed by atoms with E-state index in [9.17, 15) is 4.79 Å². The summed E-state index contributed by atoms with van der Waals surface area (Å²) in [6.45, 7) is 3.84. The monoisotopic (exact) mass is 192 g/mol. The van der Waals surface area contributed by atoms with Crippen LogP contribution in [0.5, 0.6) is 0 Å². The summed E-state index contributed by atoms with van der Waals surface area (Å²) >= 11 is 3.97. The van der Waals surface area contributed by atoms with E-state index in [1.165, 1.54) is 0 Å². The summed E-state index contributed by atoms with van der Waals surface area (Å²) in [4.78, 5) is 10.8. The van der Waals surface area contributed by atoms with Crippen molar-refractivity contribution in [3.05, 3.63) is 0 Å². The molecule has 0 fully saturated rings. The van der Waals surface area contributed by atoms with Gasteiger partial charge in [-0.25, -0.2) is 0 Å². The first kappa shape index (κ1) is 11.7. The molecule has 72 valence electrons. The van der Waals surface area contributed by atoms with E-state index in [1.807, 2.05) is 6.92 Å². The Labute approximate surface area is 77.9 Å². The van der Waals surface area contributed by atoms with Gasteiger partial charge in [-0.1, -0.05) is 0 Å². The van der Waals surface area contributed by atoms with Crippen molar-refractivity contribution in [2.75, 3.05) is 12.3 Å². The fraction of sp³-hybridized carbons (Fsp3) is 0.857. The summed E-state index contributed by atoms with van der Waals surface area (Å²) in [5.41, 5.74) is 4.37. The number of carboxylic acids is 1.